The molecular weight excluding hydrogens is 318 g/mol. The number of aromatic nitrogens is 4. The molecule has 0 spiro atoms. The smallest absolute Gasteiger partial charge is 0.330 e. The zero-order valence-corrected chi connectivity index (χ0v) is 14.1. The van der Waals surface area contributed by atoms with Crippen LogP contribution >= 0.6 is 0 Å². The number of nitrogens with one attached hydrogen (secondary N) is 1. The number of hydrogen-bond acceptors (Lipinski definition) is 4. The summed E-state index contributed by atoms with van der Waals surface area (Å²) in [6.45, 7) is 3.97. The van der Waals surface area contributed by atoms with Gasteiger partial charge in [-0.15, -0.1) is 0 Å². The van der Waals surface area contributed by atoms with Crippen molar-refractivity contribution in [2.75, 3.05) is 13.1 Å². The van der Waals surface area contributed by atoms with Gasteiger partial charge in [0.05, 0.1) is 17.6 Å². The molecule has 0 unspecified atom stereocenters. The third kappa shape index (κ3) is 2.70. The van der Waals surface area contributed by atoms with Gasteiger partial charge >= 0.3 is 5.97 Å². The van der Waals surface area contributed by atoms with Crippen molar-refractivity contribution >= 4 is 17.0 Å². The molecule has 1 fully saturated rings. The summed E-state index contributed by atoms with van der Waals surface area (Å²) in [4.78, 5) is 26.4. The lowest BCUT2D eigenvalue weighted by Gasteiger charge is -2.40. The molecule has 7 heteroatoms. The van der Waals surface area contributed by atoms with Crippen molar-refractivity contribution in [3.63, 3.8) is 0 Å². The van der Waals surface area contributed by atoms with Gasteiger partial charge in [0.25, 0.3) is 0 Å². The van der Waals surface area contributed by atoms with Crippen LogP contribution in [0.5, 0.6) is 0 Å². The van der Waals surface area contributed by atoms with Crippen LogP contribution in [0.1, 0.15) is 24.5 Å². The average Bonchev–Trinajstić information content (AvgIpc) is 3.21. The van der Waals surface area contributed by atoms with Crippen LogP contribution in [0.4, 0.5) is 0 Å². The number of hydrogen-bond donors (Lipinski definition) is 2. The van der Waals surface area contributed by atoms with E-state index < -0.39 is 11.5 Å². The summed E-state index contributed by atoms with van der Waals surface area (Å²) in [5.41, 5.74) is 1.09. The molecule has 7 nitrogen and oxygen atoms in total. The van der Waals surface area contributed by atoms with Gasteiger partial charge in [-0.25, -0.2) is 14.8 Å². The fourth-order valence-electron chi connectivity index (χ4n) is 3.76. The van der Waals surface area contributed by atoms with Crippen molar-refractivity contribution in [2.24, 2.45) is 0 Å². The molecular formula is C18H21N5O2. The van der Waals surface area contributed by atoms with E-state index >= 15 is 0 Å². The molecule has 1 aromatic carbocycles. The quantitative estimate of drug-likeness (QED) is 0.760. The van der Waals surface area contributed by atoms with E-state index in [2.05, 4.69) is 19.9 Å². The Kier molecular flexibility index (Phi) is 3.80. The molecule has 3 aromatic rings. The zero-order valence-electron chi connectivity index (χ0n) is 14.1. The normalized spacial score (nSPS) is 17.8. The van der Waals surface area contributed by atoms with Crippen LogP contribution in [0, 0.1) is 6.92 Å². The lowest BCUT2D eigenvalue weighted by atomic mass is 9.87. The van der Waals surface area contributed by atoms with Crippen LogP contribution in [0.15, 0.2) is 36.7 Å². The lowest BCUT2D eigenvalue weighted by Crippen LogP contribution is -2.51. The van der Waals surface area contributed by atoms with Crippen LogP contribution in [-0.4, -0.2) is 48.6 Å². The Balaban J connectivity index is 1.50. The minimum absolute atomic E-state index is 0.555. The Bertz CT molecular complexity index is 872. The average molecular weight is 339 g/mol. The van der Waals surface area contributed by atoms with E-state index in [4.69, 9.17) is 0 Å². The fourth-order valence-corrected chi connectivity index (χ4v) is 3.76. The maximum atomic E-state index is 12.0. The number of aryl methyl sites for hydroxylation is 1. The van der Waals surface area contributed by atoms with Crippen molar-refractivity contribution in [2.45, 2.75) is 31.8 Å². The summed E-state index contributed by atoms with van der Waals surface area (Å²) >= 11 is 0. The van der Waals surface area contributed by atoms with E-state index in [1.54, 1.807) is 12.4 Å². The highest BCUT2D eigenvalue weighted by molar-refractivity contribution is 5.77. The molecule has 25 heavy (non-hydrogen) atoms. The summed E-state index contributed by atoms with van der Waals surface area (Å²) in [5, 5.41) is 9.87. The topological polar surface area (TPSA) is 87.0 Å². The molecule has 0 amide bonds. The summed E-state index contributed by atoms with van der Waals surface area (Å²) < 4.78 is 1.81. The standard InChI is InChI=1S/C18H21N5O2/c1-13-19-8-11-23(13)18(17(24)25)6-9-22(10-7-18)12-16-20-14-4-2-3-5-15(14)21-16/h2-5,8,11H,6-7,9-10,12H2,1H3,(H,20,21)(H,24,25). The first-order valence-electron chi connectivity index (χ1n) is 8.48. The molecule has 3 heterocycles. The Labute approximate surface area is 145 Å². The molecule has 130 valence electrons. The van der Waals surface area contributed by atoms with Crippen molar-refractivity contribution in [1.82, 2.24) is 24.4 Å². The number of para-hydroxylation sites is 2. The number of aliphatic carboxylic acids is 1. The Morgan fingerprint density at radius 3 is 2.72 bits per heavy atom. The highest BCUT2D eigenvalue weighted by Crippen LogP contribution is 2.32. The summed E-state index contributed by atoms with van der Waals surface area (Å²) in [6.07, 6.45) is 4.55. The van der Waals surface area contributed by atoms with Crippen molar-refractivity contribution in [3.8, 4) is 0 Å². The number of aromatic amines is 1. The van der Waals surface area contributed by atoms with Gasteiger partial charge in [0.15, 0.2) is 0 Å². The minimum atomic E-state index is -0.898. The number of carboxylic acid groups (broad SMARTS) is 1. The van der Waals surface area contributed by atoms with Gasteiger partial charge in [-0.3, -0.25) is 4.90 Å². The second-order valence-electron chi connectivity index (χ2n) is 6.66. The molecule has 0 saturated carbocycles. The van der Waals surface area contributed by atoms with Gasteiger partial charge in [-0.1, -0.05) is 12.1 Å². The number of H-pyrrole nitrogens is 1. The highest BCUT2D eigenvalue weighted by Gasteiger charge is 2.43. The van der Waals surface area contributed by atoms with E-state index in [1.165, 1.54) is 0 Å². The van der Waals surface area contributed by atoms with Gasteiger partial charge in [-0.2, -0.15) is 0 Å². The molecule has 0 bridgehead atoms. The van der Waals surface area contributed by atoms with Crippen molar-refractivity contribution in [3.05, 3.63) is 48.3 Å². The summed E-state index contributed by atoms with van der Waals surface area (Å²) in [6, 6.07) is 7.96. The number of nitrogens with zero attached hydrogens (tertiary/aromatic N) is 4. The second-order valence-corrected chi connectivity index (χ2v) is 6.66. The monoisotopic (exact) mass is 339 g/mol. The van der Waals surface area contributed by atoms with Crippen molar-refractivity contribution in [1.29, 1.82) is 0 Å². The first kappa shape index (κ1) is 15.8. The lowest BCUT2D eigenvalue weighted by molar-refractivity contribution is -0.150. The molecule has 0 atom stereocenters. The van der Waals surface area contributed by atoms with E-state index in [-0.39, 0.29) is 0 Å². The molecule has 2 N–H and O–H groups in total. The molecule has 0 aliphatic carbocycles. The third-order valence-corrected chi connectivity index (χ3v) is 5.18. The Morgan fingerprint density at radius 1 is 1.32 bits per heavy atom. The number of imidazole rings is 2. The first-order chi connectivity index (χ1) is 12.1. The van der Waals surface area contributed by atoms with Gasteiger partial charge in [0, 0.05) is 25.5 Å². The summed E-state index contributed by atoms with van der Waals surface area (Å²) in [5.74, 6) is 0.882. The molecule has 2 aromatic heterocycles. The van der Waals surface area contributed by atoms with Crippen LogP contribution in [0.2, 0.25) is 0 Å². The number of likely N-dealkylation sites (tertiary alicyclic amines) is 1. The second kappa shape index (κ2) is 6.00. The molecule has 1 saturated heterocycles. The van der Waals surface area contributed by atoms with Crippen LogP contribution in [0.25, 0.3) is 11.0 Å². The van der Waals surface area contributed by atoms with Crippen molar-refractivity contribution < 1.29 is 9.90 Å². The Morgan fingerprint density at radius 2 is 2.08 bits per heavy atom. The van der Waals surface area contributed by atoms with Gasteiger partial charge in [-0.05, 0) is 31.9 Å². The predicted molar refractivity (Wildman–Crippen MR) is 93.2 cm³/mol. The minimum Gasteiger partial charge on any atom is -0.479 e. The SMILES string of the molecule is Cc1nccn1C1(C(=O)O)CCN(Cc2nc3ccccc3[nH]2)CC1. The molecule has 4 rings (SSSR count). The van der Waals surface area contributed by atoms with E-state index in [1.807, 2.05) is 35.8 Å². The summed E-state index contributed by atoms with van der Waals surface area (Å²) in [7, 11) is 0. The van der Waals surface area contributed by atoms with E-state index in [0.29, 0.717) is 32.5 Å². The number of rotatable bonds is 4. The van der Waals surface area contributed by atoms with E-state index in [0.717, 1.165) is 22.7 Å². The number of piperidine rings is 1. The highest BCUT2D eigenvalue weighted by atomic mass is 16.4. The Hall–Kier alpha value is -2.67. The molecule has 1 aliphatic heterocycles. The number of benzene rings is 1. The van der Waals surface area contributed by atoms with Gasteiger partial charge < -0.3 is 14.7 Å². The van der Waals surface area contributed by atoms with Crippen LogP contribution in [0.3, 0.4) is 0 Å². The van der Waals surface area contributed by atoms with Crippen LogP contribution in [-0.2, 0) is 16.9 Å². The fraction of sp³-hybridized carbons (Fsp3) is 0.389. The number of carbonyl (C=O) groups is 1. The number of carboxylic acids is 1. The maximum Gasteiger partial charge on any atom is 0.330 e. The van der Waals surface area contributed by atoms with Crippen LogP contribution < -0.4 is 0 Å². The zero-order chi connectivity index (χ0) is 17.4. The molecule has 1 aliphatic rings. The maximum absolute atomic E-state index is 12.0. The van der Waals surface area contributed by atoms with Gasteiger partial charge in [0.1, 0.15) is 17.2 Å². The van der Waals surface area contributed by atoms with E-state index in [9.17, 15) is 9.90 Å². The van der Waals surface area contributed by atoms with Gasteiger partial charge in [0.2, 0.25) is 0 Å². The predicted octanol–water partition coefficient (Wildman–Crippen LogP) is 2.14. The third-order valence-electron chi connectivity index (χ3n) is 5.18. The largest absolute Gasteiger partial charge is 0.479 e. The number of fused-ring (bicyclic) bond motifs is 1. The molecule has 0 radical (unpaired) electrons. The first-order valence-corrected chi connectivity index (χ1v) is 8.48.